The van der Waals surface area contributed by atoms with Gasteiger partial charge in [0.05, 0.1) is 24.2 Å². The van der Waals surface area contributed by atoms with Crippen LogP contribution in [-0.2, 0) is 25.6 Å². The number of ether oxygens (including phenoxy) is 2. The summed E-state index contributed by atoms with van der Waals surface area (Å²) in [4.78, 5) is 42.5. The van der Waals surface area contributed by atoms with Crippen LogP contribution in [-0.4, -0.2) is 53.7 Å². The largest absolute Gasteiger partial charge is 0.466 e. The summed E-state index contributed by atoms with van der Waals surface area (Å²) >= 11 is 3.38. The number of rotatable bonds is 7. The Labute approximate surface area is 198 Å². The topological polar surface area (TPSA) is 103 Å². The zero-order chi connectivity index (χ0) is 23.4. The third-order valence-electron chi connectivity index (χ3n) is 5.17. The van der Waals surface area contributed by atoms with E-state index in [0.717, 1.165) is 15.7 Å². The lowest BCUT2D eigenvalue weighted by Gasteiger charge is -2.26. The molecule has 1 aliphatic rings. The minimum absolute atomic E-state index is 0.0522. The quantitative estimate of drug-likeness (QED) is 0.383. The maximum atomic E-state index is 12.9. The first-order valence-electron chi connectivity index (χ1n) is 10.5. The number of anilines is 2. The highest BCUT2D eigenvalue weighted by molar-refractivity contribution is 9.10. The molecule has 33 heavy (non-hydrogen) atoms. The molecule has 2 heterocycles. The second-order valence-corrected chi connectivity index (χ2v) is 8.43. The van der Waals surface area contributed by atoms with Crippen molar-refractivity contribution < 1.29 is 23.9 Å². The monoisotopic (exact) mass is 514 g/mol. The maximum Gasteiger partial charge on any atom is 0.302 e. The number of imidazole rings is 1. The van der Waals surface area contributed by atoms with E-state index in [-0.39, 0.29) is 31.0 Å². The summed E-state index contributed by atoms with van der Waals surface area (Å²) < 4.78 is 12.9. The summed E-state index contributed by atoms with van der Waals surface area (Å²) in [6.45, 7) is 3.10. The number of hydrogen-bond donors (Lipinski definition) is 1. The number of esters is 1. The van der Waals surface area contributed by atoms with Crippen LogP contribution in [0.3, 0.4) is 0 Å². The predicted octanol–water partition coefficient (Wildman–Crippen LogP) is 3.37. The van der Waals surface area contributed by atoms with Crippen molar-refractivity contribution in [2.24, 2.45) is 0 Å². The van der Waals surface area contributed by atoms with E-state index in [9.17, 15) is 14.4 Å². The Hall–Kier alpha value is -3.24. The smallest absolute Gasteiger partial charge is 0.302 e. The minimum atomic E-state index is -0.339. The highest BCUT2D eigenvalue weighted by Crippen LogP contribution is 2.27. The van der Waals surface area contributed by atoms with Crippen LogP contribution in [0.25, 0.3) is 11.0 Å². The Balaban J connectivity index is 1.64. The average Bonchev–Trinajstić information content (AvgIpc) is 3.13. The second-order valence-electron chi connectivity index (χ2n) is 7.52. The Kier molecular flexibility index (Phi) is 7.05. The van der Waals surface area contributed by atoms with Crippen molar-refractivity contribution in [1.29, 1.82) is 0 Å². The standard InChI is InChI=1S/C23H23BrN4O5/c1-15(29)33-10-3-8-28-20-7-6-18(27-9-11-32-14-21(27)30)13-19(20)25-23(28)26-22(31)16-4-2-5-17(24)12-16/h2,4-7,12-13H,3,8-11,14H2,1H3,(H,25,26,31). The van der Waals surface area contributed by atoms with Crippen LogP contribution in [0.15, 0.2) is 46.9 Å². The van der Waals surface area contributed by atoms with Gasteiger partial charge in [0.25, 0.3) is 11.8 Å². The van der Waals surface area contributed by atoms with Gasteiger partial charge in [-0.2, -0.15) is 0 Å². The number of nitrogens with zero attached hydrogens (tertiary/aromatic N) is 3. The van der Waals surface area contributed by atoms with Gasteiger partial charge in [-0.25, -0.2) is 4.98 Å². The van der Waals surface area contributed by atoms with Crippen LogP contribution in [0.2, 0.25) is 0 Å². The van der Waals surface area contributed by atoms with Gasteiger partial charge in [0, 0.05) is 35.7 Å². The Morgan fingerprint density at radius 1 is 1.24 bits per heavy atom. The SMILES string of the molecule is CC(=O)OCCCn1c(NC(=O)c2cccc(Br)c2)nc2cc(N3CCOCC3=O)ccc21. The van der Waals surface area contributed by atoms with Crippen molar-refractivity contribution in [3.8, 4) is 0 Å². The van der Waals surface area contributed by atoms with Crippen molar-refractivity contribution in [3.05, 3.63) is 52.5 Å². The average molecular weight is 515 g/mol. The zero-order valence-corrected chi connectivity index (χ0v) is 19.6. The number of morpholine rings is 1. The molecule has 0 aliphatic carbocycles. The van der Waals surface area contributed by atoms with E-state index in [2.05, 4.69) is 26.2 Å². The number of aromatic nitrogens is 2. The summed E-state index contributed by atoms with van der Waals surface area (Å²) in [5, 5.41) is 2.88. The highest BCUT2D eigenvalue weighted by Gasteiger charge is 2.22. The Morgan fingerprint density at radius 3 is 2.85 bits per heavy atom. The van der Waals surface area contributed by atoms with Gasteiger partial charge in [-0.15, -0.1) is 0 Å². The molecule has 0 saturated carbocycles. The molecule has 0 bridgehead atoms. The minimum Gasteiger partial charge on any atom is -0.466 e. The van der Waals surface area contributed by atoms with E-state index in [4.69, 9.17) is 9.47 Å². The molecule has 4 rings (SSSR count). The van der Waals surface area contributed by atoms with Gasteiger partial charge in [-0.3, -0.25) is 19.7 Å². The Bertz CT molecular complexity index is 1210. The lowest BCUT2D eigenvalue weighted by Crippen LogP contribution is -2.41. The van der Waals surface area contributed by atoms with Gasteiger partial charge < -0.3 is 18.9 Å². The van der Waals surface area contributed by atoms with E-state index in [0.29, 0.717) is 43.1 Å². The molecular weight excluding hydrogens is 492 g/mol. The molecule has 1 saturated heterocycles. The maximum absolute atomic E-state index is 12.9. The number of halogens is 1. The lowest BCUT2D eigenvalue weighted by atomic mass is 10.2. The third kappa shape index (κ3) is 5.40. The van der Waals surface area contributed by atoms with Crippen LogP contribution in [0.5, 0.6) is 0 Å². The summed E-state index contributed by atoms with van der Waals surface area (Å²) in [5.41, 5.74) is 2.66. The van der Waals surface area contributed by atoms with Crippen molar-refractivity contribution in [3.63, 3.8) is 0 Å². The molecule has 0 radical (unpaired) electrons. The first kappa shape index (κ1) is 22.9. The van der Waals surface area contributed by atoms with E-state index in [1.807, 2.05) is 28.8 Å². The van der Waals surface area contributed by atoms with Gasteiger partial charge in [0.15, 0.2) is 0 Å². The summed E-state index contributed by atoms with van der Waals surface area (Å²) in [6, 6.07) is 12.6. The molecule has 0 atom stereocenters. The van der Waals surface area contributed by atoms with Crippen molar-refractivity contribution >= 4 is 56.4 Å². The van der Waals surface area contributed by atoms with Crippen LogP contribution >= 0.6 is 15.9 Å². The molecule has 9 nitrogen and oxygen atoms in total. The fraction of sp³-hybridized carbons (Fsp3) is 0.304. The van der Waals surface area contributed by atoms with Crippen LogP contribution in [0, 0.1) is 0 Å². The fourth-order valence-electron chi connectivity index (χ4n) is 3.64. The van der Waals surface area contributed by atoms with Crippen LogP contribution in [0.4, 0.5) is 11.6 Å². The number of hydrogen-bond acceptors (Lipinski definition) is 6. The molecular formula is C23H23BrN4O5. The number of carbonyl (C=O) groups excluding carboxylic acids is 3. The summed E-state index contributed by atoms with van der Waals surface area (Å²) in [7, 11) is 0. The lowest BCUT2D eigenvalue weighted by molar-refractivity contribution is -0.141. The van der Waals surface area contributed by atoms with E-state index >= 15 is 0 Å². The Morgan fingerprint density at radius 2 is 2.09 bits per heavy atom. The molecule has 0 spiro atoms. The second kappa shape index (κ2) is 10.1. The number of aryl methyl sites for hydroxylation is 1. The molecule has 1 aromatic heterocycles. The van der Waals surface area contributed by atoms with Crippen LogP contribution < -0.4 is 10.2 Å². The normalized spacial score (nSPS) is 13.9. The summed E-state index contributed by atoms with van der Waals surface area (Å²) in [5.74, 6) is -0.363. The van der Waals surface area contributed by atoms with E-state index in [1.165, 1.54) is 6.92 Å². The molecule has 0 unspecified atom stereocenters. The zero-order valence-electron chi connectivity index (χ0n) is 18.0. The number of nitrogens with one attached hydrogen (secondary N) is 1. The van der Waals surface area contributed by atoms with Gasteiger partial charge in [-0.1, -0.05) is 22.0 Å². The predicted molar refractivity (Wildman–Crippen MR) is 126 cm³/mol. The summed E-state index contributed by atoms with van der Waals surface area (Å²) in [6.07, 6.45) is 0.550. The van der Waals surface area contributed by atoms with Crippen molar-refractivity contribution in [2.75, 3.05) is 36.6 Å². The molecule has 3 aromatic rings. The van der Waals surface area contributed by atoms with Crippen LogP contribution in [0.1, 0.15) is 23.7 Å². The molecule has 1 aliphatic heterocycles. The molecule has 1 N–H and O–H groups in total. The molecule has 2 aromatic carbocycles. The van der Waals surface area contributed by atoms with Gasteiger partial charge in [0.1, 0.15) is 6.61 Å². The van der Waals surface area contributed by atoms with E-state index < -0.39 is 0 Å². The third-order valence-corrected chi connectivity index (χ3v) is 5.67. The number of carbonyl (C=O) groups is 3. The highest BCUT2D eigenvalue weighted by atomic mass is 79.9. The van der Waals surface area contributed by atoms with Crippen molar-refractivity contribution in [1.82, 2.24) is 9.55 Å². The molecule has 10 heteroatoms. The molecule has 1 fully saturated rings. The first-order valence-corrected chi connectivity index (χ1v) is 11.3. The molecule has 2 amide bonds. The van der Waals surface area contributed by atoms with Crippen molar-refractivity contribution in [2.45, 2.75) is 19.9 Å². The molecule has 172 valence electrons. The number of benzene rings is 2. The van der Waals surface area contributed by atoms with Gasteiger partial charge in [-0.05, 0) is 42.8 Å². The fourth-order valence-corrected chi connectivity index (χ4v) is 4.04. The van der Waals surface area contributed by atoms with E-state index in [1.54, 1.807) is 23.1 Å². The number of amides is 2. The van der Waals surface area contributed by atoms with Gasteiger partial charge in [0.2, 0.25) is 5.95 Å². The number of fused-ring (bicyclic) bond motifs is 1. The van der Waals surface area contributed by atoms with Gasteiger partial charge >= 0.3 is 5.97 Å². The first-order chi connectivity index (χ1) is 15.9.